The maximum Gasteiger partial charge on any atom is 0.310 e. The maximum absolute atomic E-state index is 12.0. The number of benzene rings is 1. The van der Waals surface area contributed by atoms with E-state index in [1.165, 1.54) is 12.1 Å². The van der Waals surface area contributed by atoms with Gasteiger partial charge in [-0.15, -0.1) is 0 Å². The summed E-state index contributed by atoms with van der Waals surface area (Å²) < 4.78 is 5.10. The lowest BCUT2D eigenvalue weighted by atomic mass is 9.81. The lowest BCUT2D eigenvalue weighted by molar-refractivity contribution is -0.149. The largest absolute Gasteiger partial charge is 0.504 e. The first-order chi connectivity index (χ1) is 9.13. The molecule has 0 bridgehead atoms. The summed E-state index contributed by atoms with van der Waals surface area (Å²) in [6.45, 7) is 3.55. The van der Waals surface area contributed by atoms with Crippen LogP contribution in [-0.4, -0.2) is 35.9 Å². The number of ether oxygens (including phenoxy) is 1. The molecule has 0 amide bonds. The van der Waals surface area contributed by atoms with Gasteiger partial charge in [-0.3, -0.25) is 4.79 Å². The number of rotatable bonds is 3. The predicted octanol–water partition coefficient (Wildman–Crippen LogP) is 1.35. The Morgan fingerprint density at radius 1 is 1.42 bits per heavy atom. The highest BCUT2D eigenvalue weighted by atomic mass is 16.5. The Kier molecular flexibility index (Phi) is 4.27. The molecule has 0 saturated carbocycles. The Balaban J connectivity index is 2.23. The molecule has 0 spiro atoms. The van der Waals surface area contributed by atoms with E-state index >= 15 is 0 Å². The van der Waals surface area contributed by atoms with Gasteiger partial charge in [0.1, 0.15) is 0 Å². The van der Waals surface area contributed by atoms with Crippen LogP contribution in [0.1, 0.15) is 24.8 Å². The number of carbonyl (C=O) groups is 1. The van der Waals surface area contributed by atoms with Gasteiger partial charge in [-0.1, -0.05) is 6.07 Å². The molecule has 1 aromatic carbocycles. The first kappa shape index (κ1) is 13.7. The average Bonchev–Trinajstić information content (AvgIpc) is 2.42. The summed E-state index contributed by atoms with van der Waals surface area (Å²) in [6, 6.07) is 4.73. The molecule has 2 rings (SSSR count). The quantitative estimate of drug-likeness (QED) is 0.568. The summed E-state index contributed by atoms with van der Waals surface area (Å²) in [6.07, 6.45) is 0.799. The minimum atomic E-state index is -0.252. The number of piperidine rings is 1. The standard InChI is InChI=1S/C14H19NO4/c1-2-19-14(18)11-8-15-6-5-10(11)9-3-4-12(16)13(17)7-9/h3-4,7,10-11,15-17H,2,5-6,8H2,1H3/t10-,11-/m0/s1. The number of hydrogen-bond acceptors (Lipinski definition) is 5. The number of phenolic OH excluding ortho intramolecular Hbond substituents is 2. The molecule has 2 atom stereocenters. The van der Waals surface area contributed by atoms with Crippen molar-refractivity contribution in [3.8, 4) is 11.5 Å². The highest BCUT2D eigenvalue weighted by Gasteiger charge is 2.33. The normalized spacial score (nSPS) is 23.0. The van der Waals surface area contributed by atoms with E-state index in [9.17, 15) is 15.0 Å². The van der Waals surface area contributed by atoms with Gasteiger partial charge in [0.2, 0.25) is 0 Å². The summed E-state index contributed by atoms with van der Waals surface area (Å²) in [5.41, 5.74) is 0.856. The summed E-state index contributed by atoms with van der Waals surface area (Å²) in [5, 5.41) is 22.1. The summed E-state index contributed by atoms with van der Waals surface area (Å²) >= 11 is 0. The minimum Gasteiger partial charge on any atom is -0.504 e. The van der Waals surface area contributed by atoms with Crippen LogP contribution in [0.5, 0.6) is 11.5 Å². The highest BCUT2D eigenvalue weighted by Crippen LogP contribution is 2.35. The van der Waals surface area contributed by atoms with Crippen LogP contribution < -0.4 is 5.32 Å². The molecule has 5 heteroatoms. The lowest BCUT2D eigenvalue weighted by Crippen LogP contribution is -2.40. The van der Waals surface area contributed by atoms with E-state index in [0.717, 1.165) is 18.5 Å². The van der Waals surface area contributed by atoms with Crippen LogP contribution in [0.4, 0.5) is 0 Å². The summed E-state index contributed by atoms with van der Waals surface area (Å²) in [4.78, 5) is 12.0. The SMILES string of the molecule is CCOC(=O)[C@H]1CNCC[C@H]1c1ccc(O)c(O)c1. The molecule has 1 aliphatic rings. The van der Waals surface area contributed by atoms with Crippen molar-refractivity contribution in [2.45, 2.75) is 19.3 Å². The van der Waals surface area contributed by atoms with E-state index < -0.39 is 0 Å². The smallest absolute Gasteiger partial charge is 0.310 e. The van der Waals surface area contributed by atoms with Gasteiger partial charge < -0.3 is 20.3 Å². The number of aromatic hydroxyl groups is 2. The van der Waals surface area contributed by atoms with Crippen molar-refractivity contribution >= 4 is 5.97 Å². The third-order valence-corrected chi connectivity index (χ3v) is 3.50. The maximum atomic E-state index is 12.0. The Morgan fingerprint density at radius 2 is 2.21 bits per heavy atom. The van der Waals surface area contributed by atoms with Crippen molar-refractivity contribution in [1.29, 1.82) is 0 Å². The van der Waals surface area contributed by atoms with E-state index in [4.69, 9.17) is 4.74 Å². The fraction of sp³-hybridized carbons (Fsp3) is 0.500. The topological polar surface area (TPSA) is 78.8 Å². The third-order valence-electron chi connectivity index (χ3n) is 3.50. The number of nitrogens with one attached hydrogen (secondary N) is 1. The molecule has 19 heavy (non-hydrogen) atoms. The van der Waals surface area contributed by atoms with Crippen molar-refractivity contribution < 1.29 is 19.7 Å². The summed E-state index contributed by atoms with van der Waals surface area (Å²) in [5.74, 6) is -0.763. The van der Waals surface area contributed by atoms with Crippen LogP contribution in [0.2, 0.25) is 0 Å². The number of carbonyl (C=O) groups excluding carboxylic acids is 1. The number of esters is 1. The molecule has 1 aliphatic heterocycles. The van der Waals surface area contributed by atoms with Crippen LogP contribution >= 0.6 is 0 Å². The molecule has 1 fully saturated rings. The average molecular weight is 265 g/mol. The zero-order valence-corrected chi connectivity index (χ0v) is 10.9. The zero-order chi connectivity index (χ0) is 13.8. The monoisotopic (exact) mass is 265 g/mol. The first-order valence-electron chi connectivity index (χ1n) is 6.52. The highest BCUT2D eigenvalue weighted by molar-refractivity contribution is 5.74. The second kappa shape index (κ2) is 5.93. The van der Waals surface area contributed by atoms with Gasteiger partial charge in [-0.05, 0) is 43.5 Å². The van der Waals surface area contributed by atoms with Crippen LogP contribution in [0.15, 0.2) is 18.2 Å². The molecule has 0 radical (unpaired) electrons. The van der Waals surface area contributed by atoms with E-state index in [-0.39, 0.29) is 29.3 Å². The molecule has 0 aromatic heterocycles. The van der Waals surface area contributed by atoms with Gasteiger partial charge in [-0.25, -0.2) is 0 Å². The molecule has 5 nitrogen and oxygen atoms in total. The van der Waals surface area contributed by atoms with Crippen molar-refractivity contribution in [2.75, 3.05) is 19.7 Å². The van der Waals surface area contributed by atoms with E-state index in [0.29, 0.717) is 13.2 Å². The van der Waals surface area contributed by atoms with Gasteiger partial charge in [-0.2, -0.15) is 0 Å². The Labute approximate surface area is 112 Å². The second-order valence-electron chi connectivity index (χ2n) is 4.71. The molecule has 104 valence electrons. The van der Waals surface area contributed by atoms with Gasteiger partial charge in [0.15, 0.2) is 11.5 Å². The van der Waals surface area contributed by atoms with Crippen LogP contribution in [0.25, 0.3) is 0 Å². The molecule has 1 heterocycles. The minimum absolute atomic E-state index is 0.00630. The Hall–Kier alpha value is -1.75. The lowest BCUT2D eigenvalue weighted by Gasteiger charge is -2.31. The molecule has 0 aliphatic carbocycles. The first-order valence-corrected chi connectivity index (χ1v) is 6.52. The Morgan fingerprint density at radius 3 is 2.89 bits per heavy atom. The van der Waals surface area contributed by atoms with Gasteiger partial charge >= 0.3 is 5.97 Å². The van der Waals surface area contributed by atoms with Gasteiger partial charge in [0.25, 0.3) is 0 Å². The van der Waals surface area contributed by atoms with Crippen LogP contribution in [0.3, 0.4) is 0 Å². The fourth-order valence-electron chi connectivity index (χ4n) is 2.53. The third kappa shape index (κ3) is 2.98. The van der Waals surface area contributed by atoms with Crippen LogP contribution in [0, 0.1) is 5.92 Å². The molecular weight excluding hydrogens is 246 g/mol. The van der Waals surface area contributed by atoms with Crippen molar-refractivity contribution in [3.63, 3.8) is 0 Å². The van der Waals surface area contributed by atoms with Gasteiger partial charge in [0.05, 0.1) is 12.5 Å². The molecule has 1 aromatic rings. The number of hydrogen-bond donors (Lipinski definition) is 3. The van der Waals surface area contributed by atoms with Crippen molar-refractivity contribution in [3.05, 3.63) is 23.8 Å². The van der Waals surface area contributed by atoms with Crippen LogP contribution in [-0.2, 0) is 9.53 Å². The predicted molar refractivity (Wildman–Crippen MR) is 70.1 cm³/mol. The fourth-order valence-corrected chi connectivity index (χ4v) is 2.53. The molecular formula is C14H19NO4. The molecule has 3 N–H and O–H groups in total. The molecule has 0 unspecified atom stereocenters. The molecule has 1 saturated heterocycles. The summed E-state index contributed by atoms with van der Waals surface area (Å²) in [7, 11) is 0. The van der Waals surface area contributed by atoms with E-state index in [1.54, 1.807) is 13.0 Å². The van der Waals surface area contributed by atoms with Gasteiger partial charge in [0, 0.05) is 6.54 Å². The van der Waals surface area contributed by atoms with Crippen molar-refractivity contribution in [1.82, 2.24) is 5.32 Å². The second-order valence-corrected chi connectivity index (χ2v) is 4.71. The van der Waals surface area contributed by atoms with Crippen molar-refractivity contribution in [2.24, 2.45) is 5.92 Å². The van der Waals surface area contributed by atoms with E-state index in [2.05, 4.69) is 5.32 Å². The Bertz CT molecular complexity index is 461. The number of phenols is 2. The zero-order valence-electron chi connectivity index (χ0n) is 10.9. The van der Waals surface area contributed by atoms with E-state index in [1.807, 2.05) is 0 Å².